The van der Waals surface area contributed by atoms with Gasteiger partial charge in [0, 0.05) is 16.1 Å². The van der Waals surface area contributed by atoms with Gasteiger partial charge in [-0.25, -0.2) is 4.79 Å². The molecule has 1 aliphatic rings. The van der Waals surface area contributed by atoms with Crippen LogP contribution in [0.1, 0.15) is 29.2 Å². The number of cyclic esters (lactones) is 1. The minimum Gasteiger partial charge on any atom is -0.490 e. The SMILES string of the molecule is C=CCc1cc(/C=C2\C=C(c3ccc(Cl)cc3)OC2=O)cc(OCC)c1OCc1ccccc1. The summed E-state index contributed by atoms with van der Waals surface area (Å²) in [6.45, 7) is 6.71. The number of esters is 1. The zero-order valence-corrected chi connectivity index (χ0v) is 19.7. The Morgan fingerprint density at radius 1 is 1.03 bits per heavy atom. The summed E-state index contributed by atoms with van der Waals surface area (Å²) < 4.78 is 17.6. The number of rotatable bonds is 9. The maximum atomic E-state index is 12.5. The summed E-state index contributed by atoms with van der Waals surface area (Å²) in [5, 5.41) is 0.622. The lowest BCUT2D eigenvalue weighted by Crippen LogP contribution is -2.03. The van der Waals surface area contributed by atoms with E-state index in [0.717, 1.165) is 22.3 Å². The zero-order chi connectivity index (χ0) is 23.9. The van der Waals surface area contributed by atoms with E-state index < -0.39 is 5.97 Å². The Kier molecular flexibility index (Phi) is 7.51. The van der Waals surface area contributed by atoms with E-state index in [-0.39, 0.29) is 0 Å². The molecule has 172 valence electrons. The molecule has 1 aliphatic heterocycles. The van der Waals surface area contributed by atoms with Crippen molar-refractivity contribution < 1.29 is 19.0 Å². The number of carbonyl (C=O) groups is 1. The quantitative estimate of drug-likeness (QED) is 0.190. The molecule has 0 saturated carbocycles. The molecule has 5 heteroatoms. The smallest absolute Gasteiger partial charge is 0.343 e. The first-order chi connectivity index (χ1) is 16.6. The fraction of sp³-hybridized carbons (Fsp3) is 0.138. The third-order valence-electron chi connectivity index (χ3n) is 5.22. The number of ether oxygens (including phenoxy) is 3. The van der Waals surface area contributed by atoms with Crippen molar-refractivity contribution in [2.75, 3.05) is 6.61 Å². The van der Waals surface area contributed by atoms with Gasteiger partial charge in [0.1, 0.15) is 12.4 Å². The van der Waals surface area contributed by atoms with E-state index in [1.165, 1.54) is 0 Å². The van der Waals surface area contributed by atoms with Crippen molar-refractivity contribution in [2.24, 2.45) is 0 Å². The van der Waals surface area contributed by atoms with Gasteiger partial charge in [-0.15, -0.1) is 6.58 Å². The molecule has 34 heavy (non-hydrogen) atoms. The molecule has 0 bridgehead atoms. The van der Waals surface area contributed by atoms with Crippen molar-refractivity contribution in [3.8, 4) is 11.5 Å². The van der Waals surface area contributed by atoms with Crippen molar-refractivity contribution in [2.45, 2.75) is 20.0 Å². The normalized spacial score (nSPS) is 14.0. The van der Waals surface area contributed by atoms with Crippen LogP contribution in [0.4, 0.5) is 0 Å². The average molecular weight is 473 g/mol. The first kappa shape index (κ1) is 23.4. The highest BCUT2D eigenvalue weighted by Gasteiger charge is 2.22. The molecule has 3 aromatic carbocycles. The van der Waals surface area contributed by atoms with E-state index >= 15 is 0 Å². The molecule has 0 unspecified atom stereocenters. The van der Waals surface area contributed by atoms with Gasteiger partial charge in [0.15, 0.2) is 11.5 Å². The van der Waals surface area contributed by atoms with Gasteiger partial charge < -0.3 is 14.2 Å². The van der Waals surface area contributed by atoms with Gasteiger partial charge >= 0.3 is 5.97 Å². The number of allylic oxidation sites excluding steroid dienone is 1. The molecule has 4 rings (SSSR count). The van der Waals surface area contributed by atoms with Crippen LogP contribution in [-0.2, 0) is 22.6 Å². The highest BCUT2D eigenvalue weighted by Crippen LogP contribution is 2.36. The first-order valence-electron chi connectivity index (χ1n) is 11.1. The standard InChI is InChI=1S/C29H25ClO4/c1-3-8-23-15-21(16-24-18-26(34-29(24)31)22-11-13-25(30)14-12-22)17-27(32-4-2)28(23)33-19-20-9-6-5-7-10-20/h3,5-7,9-18H,1,4,8,19H2,2H3/b24-16+. The summed E-state index contributed by atoms with van der Waals surface area (Å²) in [6, 6.07) is 21.0. The van der Waals surface area contributed by atoms with Crippen molar-refractivity contribution in [1.82, 2.24) is 0 Å². The monoisotopic (exact) mass is 472 g/mol. The van der Waals surface area contributed by atoms with E-state index in [0.29, 0.717) is 47.5 Å². The molecule has 0 radical (unpaired) electrons. The Balaban J connectivity index is 1.67. The molecule has 0 aliphatic carbocycles. The largest absolute Gasteiger partial charge is 0.490 e. The molecule has 0 atom stereocenters. The third-order valence-corrected chi connectivity index (χ3v) is 5.47. The van der Waals surface area contributed by atoms with E-state index in [1.54, 1.807) is 24.3 Å². The van der Waals surface area contributed by atoms with Gasteiger partial charge in [-0.2, -0.15) is 0 Å². The second-order valence-electron chi connectivity index (χ2n) is 7.71. The van der Waals surface area contributed by atoms with Gasteiger partial charge in [0.05, 0.1) is 12.2 Å². The number of benzene rings is 3. The number of hydrogen-bond donors (Lipinski definition) is 0. The molecule has 0 spiro atoms. The van der Waals surface area contributed by atoms with Crippen molar-refractivity contribution in [3.05, 3.63) is 118 Å². The minimum absolute atomic E-state index is 0.405. The Bertz CT molecular complexity index is 1240. The highest BCUT2D eigenvalue weighted by molar-refractivity contribution is 6.30. The van der Waals surface area contributed by atoms with Gasteiger partial charge in [-0.3, -0.25) is 0 Å². The average Bonchev–Trinajstić information content (AvgIpc) is 3.20. The summed E-state index contributed by atoms with van der Waals surface area (Å²) >= 11 is 5.97. The van der Waals surface area contributed by atoms with Crippen LogP contribution in [0.5, 0.6) is 11.5 Å². The first-order valence-corrected chi connectivity index (χ1v) is 11.4. The molecule has 3 aromatic rings. The Morgan fingerprint density at radius 3 is 2.50 bits per heavy atom. The van der Waals surface area contributed by atoms with Crippen molar-refractivity contribution in [1.29, 1.82) is 0 Å². The van der Waals surface area contributed by atoms with Crippen LogP contribution in [0.25, 0.3) is 11.8 Å². The topological polar surface area (TPSA) is 44.8 Å². The molecular weight excluding hydrogens is 448 g/mol. The molecule has 0 fully saturated rings. The molecule has 0 saturated heterocycles. The van der Waals surface area contributed by atoms with Crippen molar-refractivity contribution in [3.63, 3.8) is 0 Å². The van der Waals surface area contributed by atoms with Crippen LogP contribution >= 0.6 is 11.6 Å². The summed E-state index contributed by atoms with van der Waals surface area (Å²) in [4.78, 5) is 12.5. The summed E-state index contributed by atoms with van der Waals surface area (Å²) in [5.41, 5.74) is 4.04. The zero-order valence-electron chi connectivity index (χ0n) is 18.9. The van der Waals surface area contributed by atoms with Gasteiger partial charge in [0.2, 0.25) is 0 Å². The fourth-order valence-corrected chi connectivity index (χ4v) is 3.78. The van der Waals surface area contributed by atoms with E-state index in [1.807, 2.05) is 67.6 Å². The number of halogens is 1. The van der Waals surface area contributed by atoms with Crippen LogP contribution in [0.3, 0.4) is 0 Å². The predicted octanol–water partition coefficient (Wildman–Crippen LogP) is 7.03. The summed E-state index contributed by atoms with van der Waals surface area (Å²) in [6.07, 6.45) is 5.94. The maximum absolute atomic E-state index is 12.5. The van der Waals surface area contributed by atoms with Crippen LogP contribution in [0, 0.1) is 0 Å². The molecule has 0 amide bonds. The number of hydrogen-bond acceptors (Lipinski definition) is 4. The van der Waals surface area contributed by atoms with Crippen LogP contribution < -0.4 is 9.47 Å². The number of carbonyl (C=O) groups excluding carboxylic acids is 1. The molecule has 1 heterocycles. The van der Waals surface area contributed by atoms with Gasteiger partial charge in [-0.05, 0) is 73.0 Å². The van der Waals surface area contributed by atoms with E-state index in [9.17, 15) is 4.79 Å². The van der Waals surface area contributed by atoms with Crippen LogP contribution in [0.15, 0.2) is 91.0 Å². The minimum atomic E-state index is -0.405. The van der Waals surface area contributed by atoms with Crippen LogP contribution in [-0.4, -0.2) is 12.6 Å². The third kappa shape index (κ3) is 5.59. The highest BCUT2D eigenvalue weighted by atomic mass is 35.5. The van der Waals surface area contributed by atoms with E-state index in [2.05, 4.69) is 6.58 Å². The lowest BCUT2D eigenvalue weighted by Gasteiger charge is -2.17. The molecule has 0 N–H and O–H groups in total. The summed E-state index contributed by atoms with van der Waals surface area (Å²) in [7, 11) is 0. The fourth-order valence-electron chi connectivity index (χ4n) is 3.66. The lowest BCUT2D eigenvalue weighted by atomic mass is 10.0. The van der Waals surface area contributed by atoms with Crippen LogP contribution in [0.2, 0.25) is 5.02 Å². The maximum Gasteiger partial charge on any atom is 0.343 e. The summed E-state index contributed by atoms with van der Waals surface area (Å²) in [5.74, 6) is 1.39. The Hall–Kier alpha value is -3.76. The van der Waals surface area contributed by atoms with E-state index in [4.69, 9.17) is 25.8 Å². The molecule has 4 nitrogen and oxygen atoms in total. The molecule has 0 aromatic heterocycles. The predicted molar refractivity (Wildman–Crippen MR) is 136 cm³/mol. The van der Waals surface area contributed by atoms with Gasteiger partial charge in [-0.1, -0.05) is 48.0 Å². The van der Waals surface area contributed by atoms with Crippen molar-refractivity contribution >= 4 is 29.4 Å². The Morgan fingerprint density at radius 2 is 1.79 bits per heavy atom. The lowest BCUT2D eigenvalue weighted by molar-refractivity contribution is -0.130. The van der Waals surface area contributed by atoms with Gasteiger partial charge in [0.25, 0.3) is 0 Å². The Labute approximate surface area is 204 Å². The molecular formula is C29H25ClO4. The second kappa shape index (κ2) is 10.9. The second-order valence-corrected chi connectivity index (χ2v) is 8.15.